The van der Waals surface area contributed by atoms with Crippen molar-refractivity contribution in [2.45, 2.75) is 26.7 Å². The van der Waals surface area contributed by atoms with Crippen LogP contribution in [0.3, 0.4) is 0 Å². The normalized spacial score (nSPS) is 10.3. The van der Waals surface area contributed by atoms with Gasteiger partial charge in [0.1, 0.15) is 0 Å². The number of nitrogens with zero attached hydrogens (tertiary/aromatic N) is 1. The van der Waals surface area contributed by atoms with E-state index >= 15 is 0 Å². The highest BCUT2D eigenvalue weighted by Gasteiger charge is 2.09. The summed E-state index contributed by atoms with van der Waals surface area (Å²) >= 11 is 0. The lowest BCUT2D eigenvalue weighted by molar-refractivity contribution is 0.0982. The molecule has 0 saturated heterocycles. The molecule has 0 spiro atoms. The van der Waals surface area contributed by atoms with E-state index in [2.05, 4.69) is 4.98 Å². The number of Topliss-reactive ketones (excluding diaryl/α,β-unsaturated/α-hetero) is 1. The Morgan fingerprint density at radius 1 is 1.06 bits per heavy atom. The summed E-state index contributed by atoms with van der Waals surface area (Å²) in [6, 6.07) is 13.9. The predicted octanol–water partition coefficient (Wildman–Crippen LogP) is 3.51. The van der Waals surface area contributed by atoms with Crippen LogP contribution in [0.15, 0.2) is 42.5 Å². The van der Waals surface area contributed by atoms with Crippen LogP contribution >= 0.6 is 0 Å². The zero-order chi connectivity index (χ0) is 13.0. The monoisotopic (exact) mass is 239 g/mol. The van der Waals surface area contributed by atoms with Gasteiger partial charge in [-0.25, -0.2) is 0 Å². The molecule has 0 atom stereocenters. The molecular formula is C16H17NO. The van der Waals surface area contributed by atoms with E-state index in [4.69, 9.17) is 0 Å². The Bertz CT molecular complexity index is 546. The molecule has 0 aliphatic heterocycles. The van der Waals surface area contributed by atoms with Crippen molar-refractivity contribution in [2.75, 3.05) is 0 Å². The summed E-state index contributed by atoms with van der Waals surface area (Å²) in [4.78, 5) is 16.4. The second kappa shape index (κ2) is 5.58. The van der Waals surface area contributed by atoms with E-state index < -0.39 is 0 Å². The van der Waals surface area contributed by atoms with Crippen LogP contribution in [0.2, 0.25) is 0 Å². The predicted molar refractivity (Wildman–Crippen MR) is 72.8 cm³/mol. The molecule has 2 heteroatoms. The third-order valence-corrected chi connectivity index (χ3v) is 3.01. The zero-order valence-corrected chi connectivity index (χ0v) is 10.8. The van der Waals surface area contributed by atoms with E-state index in [0.717, 1.165) is 23.4 Å². The van der Waals surface area contributed by atoms with Crippen molar-refractivity contribution in [3.05, 3.63) is 65.0 Å². The highest BCUT2D eigenvalue weighted by Crippen LogP contribution is 2.11. The number of pyridine rings is 1. The highest BCUT2D eigenvalue weighted by atomic mass is 16.1. The van der Waals surface area contributed by atoms with E-state index in [0.29, 0.717) is 6.42 Å². The molecule has 0 fully saturated rings. The Morgan fingerprint density at radius 3 is 2.44 bits per heavy atom. The molecule has 0 N–H and O–H groups in total. The molecule has 0 unspecified atom stereocenters. The fourth-order valence-corrected chi connectivity index (χ4v) is 2.02. The maximum Gasteiger partial charge on any atom is 0.165 e. The van der Waals surface area contributed by atoms with Crippen LogP contribution in [0, 0.1) is 13.8 Å². The first-order valence-corrected chi connectivity index (χ1v) is 6.18. The van der Waals surface area contributed by atoms with E-state index in [-0.39, 0.29) is 5.78 Å². The highest BCUT2D eigenvalue weighted by molar-refractivity contribution is 5.97. The fourth-order valence-electron chi connectivity index (χ4n) is 2.02. The topological polar surface area (TPSA) is 30.0 Å². The maximum atomic E-state index is 12.1. The number of aryl methyl sites for hydroxylation is 3. The lowest BCUT2D eigenvalue weighted by atomic mass is 10.0. The average Bonchev–Trinajstić information content (AvgIpc) is 2.37. The Balaban J connectivity index is 2.04. The van der Waals surface area contributed by atoms with Gasteiger partial charge in [-0.1, -0.05) is 30.3 Å². The number of ketones is 1. The molecule has 1 heterocycles. The molecule has 0 aliphatic rings. The van der Waals surface area contributed by atoms with E-state index in [1.165, 1.54) is 5.56 Å². The molecular weight excluding hydrogens is 222 g/mol. The molecule has 0 amide bonds. The number of benzene rings is 1. The molecule has 2 nitrogen and oxygen atoms in total. The largest absolute Gasteiger partial charge is 0.294 e. The minimum atomic E-state index is 0.170. The van der Waals surface area contributed by atoms with Crippen molar-refractivity contribution in [1.82, 2.24) is 4.98 Å². The molecule has 0 aliphatic carbocycles. The van der Waals surface area contributed by atoms with Gasteiger partial charge in [0.2, 0.25) is 0 Å². The van der Waals surface area contributed by atoms with Crippen LogP contribution < -0.4 is 0 Å². The number of rotatable bonds is 4. The van der Waals surface area contributed by atoms with Crippen LogP contribution in [-0.2, 0) is 6.42 Å². The first-order chi connectivity index (χ1) is 8.66. The number of hydrogen-bond acceptors (Lipinski definition) is 2. The van der Waals surface area contributed by atoms with E-state index in [9.17, 15) is 4.79 Å². The molecule has 18 heavy (non-hydrogen) atoms. The first kappa shape index (κ1) is 12.5. The summed E-state index contributed by atoms with van der Waals surface area (Å²) in [6.07, 6.45) is 1.32. The van der Waals surface area contributed by atoms with Crippen LogP contribution in [0.1, 0.15) is 33.7 Å². The summed E-state index contributed by atoms with van der Waals surface area (Å²) in [5.41, 5.74) is 3.72. The number of carbonyl (C=O) groups is 1. The van der Waals surface area contributed by atoms with E-state index in [1.807, 2.05) is 56.3 Å². The van der Waals surface area contributed by atoms with Gasteiger partial charge in [0.15, 0.2) is 5.78 Å². The van der Waals surface area contributed by atoms with Gasteiger partial charge < -0.3 is 0 Å². The fraction of sp³-hybridized carbons (Fsp3) is 0.250. The van der Waals surface area contributed by atoms with Crippen LogP contribution in [0.25, 0.3) is 0 Å². The number of carbonyl (C=O) groups excluding carboxylic acids is 1. The molecule has 92 valence electrons. The summed E-state index contributed by atoms with van der Waals surface area (Å²) < 4.78 is 0. The minimum absolute atomic E-state index is 0.170. The van der Waals surface area contributed by atoms with Crippen LogP contribution in [-0.4, -0.2) is 10.8 Å². The molecule has 1 aromatic heterocycles. The molecule has 2 aromatic rings. The zero-order valence-electron chi connectivity index (χ0n) is 10.8. The van der Waals surface area contributed by atoms with Gasteiger partial charge in [-0.2, -0.15) is 0 Å². The quantitative estimate of drug-likeness (QED) is 0.764. The molecule has 0 bridgehead atoms. The lowest BCUT2D eigenvalue weighted by Gasteiger charge is -2.05. The molecule has 0 saturated carbocycles. The van der Waals surface area contributed by atoms with Crippen molar-refractivity contribution >= 4 is 5.78 Å². The van der Waals surface area contributed by atoms with Gasteiger partial charge in [-0.05, 0) is 38.0 Å². The third-order valence-electron chi connectivity index (χ3n) is 3.01. The first-order valence-electron chi connectivity index (χ1n) is 6.18. The maximum absolute atomic E-state index is 12.1. The lowest BCUT2D eigenvalue weighted by Crippen LogP contribution is -2.05. The molecule has 1 aromatic carbocycles. The van der Waals surface area contributed by atoms with Crippen molar-refractivity contribution in [2.24, 2.45) is 0 Å². The van der Waals surface area contributed by atoms with Crippen LogP contribution in [0.5, 0.6) is 0 Å². The Labute approximate surface area is 108 Å². The minimum Gasteiger partial charge on any atom is -0.294 e. The summed E-state index contributed by atoms with van der Waals surface area (Å²) in [6.45, 7) is 3.83. The Hall–Kier alpha value is -1.96. The number of hydrogen-bond donors (Lipinski definition) is 0. The average molecular weight is 239 g/mol. The van der Waals surface area contributed by atoms with Gasteiger partial charge in [-0.3, -0.25) is 9.78 Å². The van der Waals surface area contributed by atoms with E-state index in [1.54, 1.807) is 0 Å². The van der Waals surface area contributed by atoms with Gasteiger partial charge in [0, 0.05) is 23.4 Å². The van der Waals surface area contributed by atoms with Crippen molar-refractivity contribution < 1.29 is 4.79 Å². The van der Waals surface area contributed by atoms with Gasteiger partial charge in [0.05, 0.1) is 0 Å². The Morgan fingerprint density at radius 2 is 1.78 bits per heavy atom. The molecule has 2 rings (SSSR count). The Kier molecular flexibility index (Phi) is 3.88. The second-order valence-electron chi connectivity index (χ2n) is 4.49. The summed E-state index contributed by atoms with van der Waals surface area (Å²) in [5.74, 6) is 0.170. The van der Waals surface area contributed by atoms with Gasteiger partial charge in [-0.15, -0.1) is 0 Å². The molecule has 0 radical (unpaired) electrons. The standard InChI is InChI=1S/C16H17NO/c1-12-8-10-15(13(2)17-12)16(18)11-9-14-6-4-3-5-7-14/h3-8,10H,9,11H2,1-2H3. The van der Waals surface area contributed by atoms with Crippen molar-refractivity contribution in [3.8, 4) is 0 Å². The van der Waals surface area contributed by atoms with Gasteiger partial charge >= 0.3 is 0 Å². The van der Waals surface area contributed by atoms with Crippen molar-refractivity contribution in [1.29, 1.82) is 0 Å². The number of aromatic nitrogens is 1. The van der Waals surface area contributed by atoms with Crippen LogP contribution in [0.4, 0.5) is 0 Å². The van der Waals surface area contributed by atoms with Crippen molar-refractivity contribution in [3.63, 3.8) is 0 Å². The smallest absolute Gasteiger partial charge is 0.165 e. The summed E-state index contributed by atoms with van der Waals surface area (Å²) in [5, 5.41) is 0. The van der Waals surface area contributed by atoms with Gasteiger partial charge in [0.25, 0.3) is 0 Å². The second-order valence-corrected chi connectivity index (χ2v) is 4.49. The SMILES string of the molecule is Cc1ccc(C(=O)CCc2ccccc2)c(C)n1. The third kappa shape index (κ3) is 3.04. The summed E-state index contributed by atoms with van der Waals surface area (Å²) in [7, 11) is 0.